The highest BCUT2D eigenvalue weighted by molar-refractivity contribution is 9.10. The lowest BCUT2D eigenvalue weighted by atomic mass is 10.2. The Morgan fingerprint density at radius 1 is 1.00 bits per heavy atom. The minimum absolute atomic E-state index is 0.233. The number of nitrogens with zero attached hydrogens (tertiary/aromatic N) is 1. The topological polar surface area (TPSA) is 50.5 Å². The first-order chi connectivity index (χ1) is 13.6. The average Bonchev–Trinajstić information content (AvgIpc) is 3.23. The number of furan rings is 1. The Bertz CT molecular complexity index is 1060. The minimum atomic E-state index is -0.306. The number of hydrogen-bond acceptors (Lipinski definition) is 5. The second-order valence-corrected chi connectivity index (χ2v) is 8.86. The second kappa shape index (κ2) is 8.43. The molecule has 140 valence electrons. The van der Waals surface area contributed by atoms with E-state index in [1.807, 2.05) is 60.7 Å². The zero-order chi connectivity index (χ0) is 19.5. The summed E-state index contributed by atoms with van der Waals surface area (Å²) in [6, 6.07) is 21.1. The highest BCUT2D eigenvalue weighted by Gasteiger charge is 2.35. The summed E-state index contributed by atoms with van der Waals surface area (Å²) in [6.07, 6.45) is 1.62. The third kappa shape index (κ3) is 4.27. The molecule has 1 fully saturated rings. The third-order valence-electron chi connectivity index (χ3n) is 4.00. The first-order valence-electron chi connectivity index (χ1n) is 8.42. The number of carbonyl (C=O) groups is 2. The van der Waals surface area contributed by atoms with Crippen molar-refractivity contribution in [3.63, 3.8) is 0 Å². The van der Waals surface area contributed by atoms with Gasteiger partial charge in [0.25, 0.3) is 11.1 Å². The average molecular weight is 472 g/mol. The van der Waals surface area contributed by atoms with Gasteiger partial charge in [0.05, 0.1) is 11.4 Å². The second-order valence-electron chi connectivity index (χ2n) is 5.93. The molecule has 0 N–H and O–H groups in total. The van der Waals surface area contributed by atoms with Crippen LogP contribution in [0.4, 0.5) is 4.79 Å². The monoisotopic (exact) mass is 471 g/mol. The van der Waals surface area contributed by atoms with E-state index in [-0.39, 0.29) is 17.7 Å². The molecular weight excluding hydrogens is 458 g/mol. The first kappa shape index (κ1) is 19.1. The standard InChI is InChI=1S/C21H14BrNO3S2/c22-17-9-5-4-6-14(17)13-23-20(24)18(28-21(23)25)12-15-10-11-19(26-15)27-16-7-2-1-3-8-16/h1-12H,13H2. The molecule has 7 heteroatoms. The third-order valence-corrected chi connectivity index (χ3v) is 6.61. The quantitative estimate of drug-likeness (QED) is 0.401. The summed E-state index contributed by atoms with van der Waals surface area (Å²) in [5, 5.41) is 0.447. The number of benzene rings is 2. The van der Waals surface area contributed by atoms with E-state index in [0.29, 0.717) is 10.7 Å². The van der Waals surface area contributed by atoms with Gasteiger partial charge in [0.1, 0.15) is 5.76 Å². The van der Waals surface area contributed by atoms with Gasteiger partial charge in [-0.2, -0.15) is 0 Å². The SMILES string of the molecule is O=C1SC(=Cc2ccc(Sc3ccccc3)o2)C(=O)N1Cc1ccccc1Br. The molecule has 2 aromatic carbocycles. The fourth-order valence-corrected chi connectivity index (χ4v) is 4.66. The molecule has 4 rings (SSSR count). The molecule has 0 radical (unpaired) electrons. The molecule has 0 bridgehead atoms. The van der Waals surface area contributed by atoms with Crippen LogP contribution in [0, 0.1) is 0 Å². The Morgan fingerprint density at radius 3 is 2.54 bits per heavy atom. The van der Waals surface area contributed by atoms with Crippen molar-refractivity contribution in [3.8, 4) is 0 Å². The summed E-state index contributed by atoms with van der Waals surface area (Å²) in [4.78, 5) is 27.7. The molecule has 1 saturated heterocycles. The van der Waals surface area contributed by atoms with Crippen LogP contribution in [-0.4, -0.2) is 16.0 Å². The highest BCUT2D eigenvalue weighted by Crippen LogP contribution is 2.35. The van der Waals surface area contributed by atoms with Crippen LogP contribution in [0.3, 0.4) is 0 Å². The van der Waals surface area contributed by atoms with E-state index in [1.54, 1.807) is 12.1 Å². The van der Waals surface area contributed by atoms with Gasteiger partial charge in [-0.25, -0.2) is 0 Å². The Hall–Kier alpha value is -2.22. The number of imide groups is 1. The molecule has 1 aromatic heterocycles. The molecule has 0 saturated carbocycles. The Balaban J connectivity index is 1.49. The van der Waals surface area contributed by atoms with E-state index in [4.69, 9.17) is 4.42 Å². The van der Waals surface area contributed by atoms with Crippen LogP contribution in [0.1, 0.15) is 11.3 Å². The maximum Gasteiger partial charge on any atom is 0.293 e. The first-order valence-corrected chi connectivity index (χ1v) is 10.8. The summed E-state index contributed by atoms with van der Waals surface area (Å²) >= 11 is 5.89. The maximum absolute atomic E-state index is 12.7. The van der Waals surface area contributed by atoms with Gasteiger partial charge in [-0.1, -0.05) is 64.1 Å². The van der Waals surface area contributed by atoms with Crippen LogP contribution in [0.25, 0.3) is 6.08 Å². The van der Waals surface area contributed by atoms with Crippen LogP contribution >= 0.6 is 39.5 Å². The zero-order valence-corrected chi connectivity index (χ0v) is 17.7. The summed E-state index contributed by atoms with van der Waals surface area (Å²) in [6.45, 7) is 0.233. The molecule has 0 unspecified atom stereocenters. The molecule has 28 heavy (non-hydrogen) atoms. The fourth-order valence-electron chi connectivity index (χ4n) is 2.63. The lowest BCUT2D eigenvalue weighted by Crippen LogP contribution is -2.27. The molecule has 1 aliphatic heterocycles. The molecule has 3 aromatic rings. The lowest BCUT2D eigenvalue weighted by molar-refractivity contribution is -0.123. The van der Waals surface area contributed by atoms with Gasteiger partial charge in [-0.3, -0.25) is 14.5 Å². The molecule has 0 aliphatic carbocycles. The molecule has 2 heterocycles. The predicted molar refractivity (Wildman–Crippen MR) is 115 cm³/mol. The predicted octanol–water partition coefficient (Wildman–Crippen LogP) is 6.43. The lowest BCUT2D eigenvalue weighted by Gasteiger charge is -2.13. The fraction of sp³-hybridized carbons (Fsp3) is 0.0476. The van der Waals surface area contributed by atoms with Gasteiger partial charge in [0.15, 0.2) is 5.09 Å². The van der Waals surface area contributed by atoms with E-state index < -0.39 is 0 Å². The van der Waals surface area contributed by atoms with E-state index in [0.717, 1.165) is 31.8 Å². The molecule has 0 atom stereocenters. The Kier molecular flexibility index (Phi) is 5.75. The van der Waals surface area contributed by atoms with Crippen molar-refractivity contribution in [2.75, 3.05) is 0 Å². The summed E-state index contributed by atoms with van der Waals surface area (Å²) in [5.41, 5.74) is 0.880. The molecule has 1 aliphatic rings. The maximum atomic E-state index is 12.7. The van der Waals surface area contributed by atoms with Crippen LogP contribution in [0.15, 0.2) is 90.5 Å². The smallest absolute Gasteiger partial charge is 0.293 e. The van der Waals surface area contributed by atoms with E-state index in [2.05, 4.69) is 15.9 Å². The van der Waals surface area contributed by atoms with Crippen molar-refractivity contribution < 1.29 is 14.0 Å². The van der Waals surface area contributed by atoms with Crippen molar-refractivity contribution in [1.82, 2.24) is 4.90 Å². The molecule has 2 amide bonds. The number of halogens is 1. The zero-order valence-electron chi connectivity index (χ0n) is 14.5. The van der Waals surface area contributed by atoms with Crippen LogP contribution < -0.4 is 0 Å². The summed E-state index contributed by atoms with van der Waals surface area (Å²) in [7, 11) is 0. The van der Waals surface area contributed by atoms with Crippen molar-refractivity contribution in [2.24, 2.45) is 0 Å². The van der Waals surface area contributed by atoms with Crippen molar-refractivity contribution in [3.05, 3.63) is 87.4 Å². The summed E-state index contributed by atoms with van der Waals surface area (Å²) in [5.74, 6) is 0.240. The van der Waals surface area contributed by atoms with Gasteiger partial charge in [0.2, 0.25) is 0 Å². The number of rotatable bonds is 5. The van der Waals surface area contributed by atoms with Crippen LogP contribution in [0.2, 0.25) is 0 Å². The number of carbonyl (C=O) groups excluding carboxylic acids is 2. The number of hydrogen-bond donors (Lipinski definition) is 0. The normalized spacial score (nSPS) is 15.6. The summed E-state index contributed by atoms with van der Waals surface area (Å²) < 4.78 is 6.66. The number of amides is 2. The van der Waals surface area contributed by atoms with Crippen molar-refractivity contribution in [2.45, 2.75) is 16.5 Å². The van der Waals surface area contributed by atoms with Gasteiger partial charge >= 0.3 is 0 Å². The van der Waals surface area contributed by atoms with Gasteiger partial charge in [-0.05, 0) is 47.7 Å². The highest BCUT2D eigenvalue weighted by atomic mass is 79.9. The van der Waals surface area contributed by atoms with Crippen LogP contribution in [0.5, 0.6) is 0 Å². The molecule has 0 spiro atoms. The van der Waals surface area contributed by atoms with Crippen molar-refractivity contribution in [1.29, 1.82) is 0 Å². The minimum Gasteiger partial charge on any atom is -0.450 e. The van der Waals surface area contributed by atoms with E-state index in [9.17, 15) is 9.59 Å². The van der Waals surface area contributed by atoms with Gasteiger partial charge < -0.3 is 4.42 Å². The van der Waals surface area contributed by atoms with Gasteiger partial charge in [0, 0.05) is 15.4 Å². The Labute approximate surface area is 179 Å². The van der Waals surface area contributed by atoms with Gasteiger partial charge in [-0.15, -0.1) is 0 Å². The Morgan fingerprint density at radius 2 is 1.75 bits per heavy atom. The van der Waals surface area contributed by atoms with Crippen molar-refractivity contribution >= 4 is 56.7 Å². The molecular formula is C21H14BrNO3S2. The number of thioether (sulfide) groups is 1. The largest absolute Gasteiger partial charge is 0.450 e. The van der Waals surface area contributed by atoms with Crippen LogP contribution in [-0.2, 0) is 11.3 Å². The molecule has 4 nitrogen and oxygen atoms in total. The van der Waals surface area contributed by atoms with E-state index in [1.165, 1.54) is 16.7 Å². The van der Waals surface area contributed by atoms with E-state index >= 15 is 0 Å².